The van der Waals surface area contributed by atoms with Gasteiger partial charge in [0.05, 0.1) is 10.9 Å². The van der Waals surface area contributed by atoms with Gasteiger partial charge in [-0.25, -0.2) is 19.9 Å². The third-order valence-electron chi connectivity index (χ3n) is 3.12. The van der Waals surface area contributed by atoms with Gasteiger partial charge in [0.1, 0.15) is 5.75 Å². The Morgan fingerprint density at radius 3 is 2.39 bits per heavy atom. The van der Waals surface area contributed by atoms with Gasteiger partial charge in [0, 0.05) is 18.6 Å². The summed E-state index contributed by atoms with van der Waals surface area (Å²) < 4.78 is 32.0. The molecule has 0 aliphatic carbocycles. The molecule has 3 rings (SSSR count). The van der Waals surface area contributed by atoms with E-state index >= 15 is 0 Å². The van der Waals surface area contributed by atoms with Crippen LogP contribution in [-0.2, 0) is 5.38 Å². The molecule has 0 saturated carbocycles. The lowest BCUT2D eigenvalue weighted by Gasteiger charge is -2.11. The number of ether oxygens (including phenoxy) is 1. The fourth-order valence-electron chi connectivity index (χ4n) is 1.99. The molecule has 0 atom stereocenters. The van der Waals surface area contributed by atoms with Gasteiger partial charge in [-0.3, -0.25) is 0 Å². The molecule has 5 nitrogen and oxygen atoms in total. The first-order chi connectivity index (χ1) is 10.8. The van der Waals surface area contributed by atoms with Gasteiger partial charge < -0.3 is 4.74 Å². The third kappa shape index (κ3) is 3.19. The highest BCUT2D eigenvalue weighted by Gasteiger charge is 2.32. The van der Waals surface area contributed by atoms with E-state index in [9.17, 15) is 8.78 Å². The van der Waals surface area contributed by atoms with Gasteiger partial charge in [-0.05, 0) is 42.6 Å². The van der Waals surface area contributed by atoms with Crippen LogP contribution in [0.3, 0.4) is 0 Å². The monoisotopic (exact) mass is 336 g/mol. The minimum Gasteiger partial charge on any atom is -0.424 e. The van der Waals surface area contributed by atoms with Crippen molar-refractivity contribution in [3.05, 3.63) is 47.7 Å². The van der Waals surface area contributed by atoms with Crippen molar-refractivity contribution in [2.24, 2.45) is 0 Å². The second kappa shape index (κ2) is 5.66. The fourth-order valence-corrected chi connectivity index (χ4v) is 2.08. The minimum absolute atomic E-state index is 0.146. The molecule has 0 fully saturated rings. The topological polar surface area (TPSA) is 60.8 Å². The van der Waals surface area contributed by atoms with Crippen LogP contribution in [0.5, 0.6) is 11.8 Å². The van der Waals surface area contributed by atoms with Crippen LogP contribution in [0.4, 0.5) is 8.78 Å². The Morgan fingerprint density at radius 1 is 1.04 bits per heavy atom. The maximum absolute atomic E-state index is 13.2. The normalized spacial score (nSPS) is 11.7. The van der Waals surface area contributed by atoms with Crippen molar-refractivity contribution in [1.82, 2.24) is 19.9 Å². The van der Waals surface area contributed by atoms with Crippen LogP contribution in [0.25, 0.3) is 10.9 Å². The summed E-state index contributed by atoms with van der Waals surface area (Å²) in [6, 6.07) is 3.53. The summed E-state index contributed by atoms with van der Waals surface area (Å²) in [5, 5.41) is -3.16. The standard InChI is InChI=1S/C15H11ClF2N4O/c1-8-5-20-14(21-6-8)23-11-4-3-9(2)12-10(11)7-19-13(22-12)15(16,17)18/h3-7H,1-2H3. The highest BCUT2D eigenvalue weighted by atomic mass is 35.5. The van der Waals surface area contributed by atoms with E-state index in [2.05, 4.69) is 19.9 Å². The summed E-state index contributed by atoms with van der Waals surface area (Å²) in [6.45, 7) is 3.60. The second-order valence-electron chi connectivity index (χ2n) is 4.98. The van der Waals surface area contributed by atoms with Crippen LogP contribution in [0.15, 0.2) is 30.7 Å². The Kier molecular flexibility index (Phi) is 3.81. The van der Waals surface area contributed by atoms with Gasteiger partial charge in [0.15, 0.2) is 0 Å². The molecular weight excluding hydrogens is 326 g/mol. The van der Waals surface area contributed by atoms with Crippen molar-refractivity contribution in [3.8, 4) is 11.8 Å². The summed E-state index contributed by atoms with van der Waals surface area (Å²) in [7, 11) is 0. The molecule has 0 spiro atoms. The van der Waals surface area contributed by atoms with E-state index in [-0.39, 0.29) is 6.01 Å². The zero-order chi connectivity index (χ0) is 16.6. The first-order valence-electron chi connectivity index (χ1n) is 6.64. The summed E-state index contributed by atoms with van der Waals surface area (Å²) in [6.07, 6.45) is 4.48. The van der Waals surface area contributed by atoms with Gasteiger partial charge >= 0.3 is 11.4 Å². The number of fused-ring (bicyclic) bond motifs is 1. The molecule has 0 bridgehead atoms. The minimum atomic E-state index is -3.63. The molecule has 2 heterocycles. The predicted molar refractivity (Wildman–Crippen MR) is 80.9 cm³/mol. The zero-order valence-corrected chi connectivity index (χ0v) is 13.0. The number of benzene rings is 1. The average molecular weight is 337 g/mol. The quantitative estimate of drug-likeness (QED) is 0.673. The molecule has 3 aromatic rings. The molecule has 2 aromatic heterocycles. The van der Waals surface area contributed by atoms with E-state index in [0.29, 0.717) is 22.2 Å². The average Bonchev–Trinajstić information content (AvgIpc) is 2.51. The maximum Gasteiger partial charge on any atom is 0.381 e. The molecule has 1 aromatic carbocycles. The molecule has 8 heteroatoms. The highest BCUT2D eigenvalue weighted by Crippen LogP contribution is 2.33. The Bertz CT molecular complexity index is 866. The summed E-state index contributed by atoms with van der Waals surface area (Å²) in [5.41, 5.74) is 1.92. The van der Waals surface area contributed by atoms with Crippen LogP contribution in [0, 0.1) is 13.8 Å². The number of nitrogens with zero attached hydrogens (tertiary/aromatic N) is 4. The largest absolute Gasteiger partial charge is 0.424 e. The van der Waals surface area contributed by atoms with Crippen molar-refractivity contribution in [2.75, 3.05) is 0 Å². The van der Waals surface area contributed by atoms with Crippen molar-refractivity contribution < 1.29 is 13.5 Å². The predicted octanol–water partition coefficient (Wildman–Crippen LogP) is 4.12. The number of aromatic nitrogens is 4. The Balaban J connectivity index is 2.08. The Labute approximate surface area is 135 Å². The van der Waals surface area contributed by atoms with Crippen molar-refractivity contribution in [3.63, 3.8) is 0 Å². The molecule has 0 radical (unpaired) electrons. The maximum atomic E-state index is 13.2. The number of alkyl halides is 3. The van der Waals surface area contributed by atoms with E-state index in [4.69, 9.17) is 16.3 Å². The third-order valence-corrected chi connectivity index (χ3v) is 3.29. The van der Waals surface area contributed by atoms with Gasteiger partial charge in [-0.15, -0.1) is 0 Å². The van der Waals surface area contributed by atoms with Gasteiger partial charge in [0.2, 0.25) is 5.82 Å². The van der Waals surface area contributed by atoms with E-state index in [1.807, 2.05) is 6.92 Å². The molecular formula is C15H11ClF2N4O. The van der Waals surface area contributed by atoms with Gasteiger partial charge in [-0.2, -0.15) is 8.78 Å². The molecule has 0 aliphatic rings. The molecule has 0 amide bonds. The van der Waals surface area contributed by atoms with Crippen LogP contribution >= 0.6 is 11.6 Å². The summed E-state index contributed by atoms with van der Waals surface area (Å²) in [5.74, 6) is -0.377. The summed E-state index contributed by atoms with van der Waals surface area (Å²) >= 11 is 4.99. The molecule has 0 aliphatic heterocycles. The lowest BCUT2D eigenvalue weighted by molar-refractivity contribution is 0.0848. The van der Waals surface area contributed by atoms with E-state index in [0.717, 1.165) is 5.56 Å². The van der Waals surface area contributed by atoms with Crippen LogP contribution in [-0.4, -0.2) is 19.9 Å². The van der Waals surface area contributed by atoms with Crippen LogP contribution in [0.2, 0.25) is 0 Å². The molecule has 23 heavy (non-hydrogen) atoms. The smallest absolute Gasteiger partial charge is 0.381 e. The number of halogens is 3. The Hall–Kier alpha value is -2.41. The number of hydrogen-bond acceptors (Lipinski definition) is 5. The number of rotatable bonds is 3. The van der Waals surface area contributed by atoms with Crippen LogP contribution in [0.1, 0.15) is 17.0 Å². The zero-order valence-electron chi connectivity index (χ0n) is 12.2. The Morgan fingerprint density at radius 2 is 1.74 bits per heavy atom. The fraction of sp³-hybridized carbons (Fsp3) is 0.200. The molecule has 0 N–H and O–H groups in total. The van der Waals surface area contributed by atoms with Crippen molar-refractivity contribution in [1.29, 1.82) is 0 Å². The molecule has 0 saturated heterocycles. The molecule has 0 unspecified atom stereocenters. The lowest BCUT2D eigenvalue weighted by atomic mass is 10.1. The van der Waals surface area contributed by atoms with E-state index in [1.165, 1.54) is 6.20 Å². The summed E-state index contributed by atoms with van der Waals surface area (Å²) in [4.78, 5) is 15.6. The number of hydrogen-bond donors (Lipinski definition) is 0. The van der Waals surface area contributed by atoms with E-state index in [1.54, 1.807) is 31.5 Å². The van der Waals surface area contributed by atoms with Gasteiger partial charge in [-0.1, -0.05) is 6.07 Å². The van der Waals surface area contributed by atoms with Crippen molar-refractivity contribution >= 4 is 22.5 Å². The van der Waals surface area contributed by atoms with Crippen LogP contribution < -0.4 is 4.74 Å². The lowest BCUT2D eigenvalue weighted by Crippen LogP contribution is -2.09. The van der Waals surface area contributed by atoms with Gasteiger partial charge in [0.25, 0.3) is 0 Å². The van der Waals surface area contributed by atoms with Crippen molar-refractivity contribution in [2.45, 2.75) is 19.2 Å². The van der Waals surface area contributed by atoms with E-state index < -0.39 is 11.2 Å². The number of aryl methyl sites for hydroxylation is 2. The SMILES string of the molecule is Cc1cnc(Oc2ccc(C)c3nc(C(F)(F)Cl)ncc23)nc1. The second-order valence-corrected chi connectivity index (χ2v) is 5.45. The first kappa shape index (κ1) is 15.5. The first-order valence-corrected chi connectivity index (χ1v) is 7.02. The molecule has 118 valence electrons. The highest BCUT2D eigenvalue weighted by molar-refractivity contribution is 6.21.